The molecule has 1 saturated carbocycles. The summed E-state index contributed by atoms with van der Waals surface area (Å²) in [6.45, 7) is 14.8. The van der Waals surface area contributed by atoms with Crippen molar-refractivity contribution < 1.29 is 23.0 Å². The van der Waals surface area contributed by atoms with Gasteiger partial charge in [-0.15, -0.1) is 0 Å². The van der Waals surface area contributed by atoms with Gasteiger partial charge in [-0.3, -0.25) is 4.79 Å². The van der Waals surface area contributed by atoms with Gasteiger partial charge in [-0.1, -0.05) is 30.8 Å². The Kier molecular flexibility index (Phi) is 8.13. The fraction of sp³-hybridized carbons (Fsp3) is 0.438. The molecular weight excluding hydrogens is 554 g/mol. The second-order valence-corrected chi connectivity index (χ2v) is 11.3. The highest BCUT2D eigenvalue weighted by Crippen LogP contribution is 2.36. The predicted molar refractivity (Wildman–Crippen MR) is 159 cm³/mol. The molecule has 6 rings (SSSR count). The number of rotatable bonds is 9. The fourth-order valence-corrected chi connectivity index (χ4v) is 5.96. The van der Waals surface area contributed by atoms with Crippen LogP contribution in [0.25, 0.3) is 15.6 Å². The molecule has 1 aromatic heterocycles. The highest BCUT2D eigenvalue weighted by Gasteiger charge is 2.36. The summed E-state index contributed by atoms with van der Waals surface area (Å²) in [5, 5.41) is 1.40. The van der Waals surface area contributed by atoms with E-state index >= 15 is 4.39 Å². The van der Waals surface area contributed by atoms with Gasteiger partial charge < -0.3 is 29.0 Å². The minimum atomic E-state index is -1.04. The molecule has 1 saturated heterocycles. The Morgan fingerprint density at radius 1 is 1.16 bits per heavy atom. The molecule has 2 aromatic carbocycles. The number of carbonyl (C=O) groups is 1. The van der Waals surface area contributed by atoms with E-state index < -0.39 is 17.8 Å². The van der Waals surface area contributed by atoms with Gasteiger partial charge in [0, 0.05) is 42.8 Å². The van der Waals surface area contributed by atoms with Gasteiger partial charge in [-0.25, -0.2) is 15.4 Å². The van der Waals surface area contributed by atoms with Crippen LogP contribution < -0.4 is 14.5 Å². The summed E-state index contributed by atoms with van der Waals surface area (Å²) in [6, 6.07) is 10.5. The minimum Gasteiger partial charge on any atom is -0.461 e. The largest absolute Gasteiger partial charge is 0.461 e. The molecule has 0 radical (unpaired) electrons. The standard InChI is InChI=1S/C32H34F2N6O3/c1-20(43-24-10-11-24)19-42-32-36-27-18-38(28-9-5-7-22-6-4-8-26(34)29(22)28)13-12-25(27)30(37-32)39-14-15-40(31(41)21(2)33)23(17-39)16-35-3/h4-9,20,23-24H,2,10-19H2,1H3/t20-,23+/m1/s1. The number of piperazine rings is 1. The van der Waals surface area contributed by atoms with E-state index in [1.54, 1.807) is 6.07 Å². The van der Waals surface area contributed by atoms with E-state index in [9.17, 15) is 9.18 Å². The van der Waals surface area contributed by atoms with Gasteiger partial charge in [-0.05, 0) is 43.7 Å². The lowest BCUT2D eigenvalue weighted by Gasteiger charge is -2.41. The summed E-state index contributed by atoms with van der Waals surface area (Å²) < 4.78 is 40.8. The van der Waals surface area contributed by atoms with Crippen molar-refractivity contribution in [3.63, 3.8) is 0 Å². The number of aromatic nitrogens is 2. The summed E-state index contributed by atoms with van der Waals surface area (Å²) >= 11 is 0. The zero-order valence-electron chi connectivity index (χ0n) is 24.1. The zero-order chi connectivity index (χ0) is 30.1. The van der Waals surface area contributed by atoms with Crippen molar-refractivity contribution in [3.8, 4) is 6.01 Å². The van der Waals surface area contributed by atoms with E-state index in [4.69, 9.17) is 26.0 Å². The molecule has 0 unspecified atom stereocenters. The lowest BCUT2D eigenvalue weighted by atomic mass is 10.0. The average molecular weight is 589 g/mol. The molecule has 43 heavy (non-hydrogen) atoms. The van der Waals surface area contributed by atoms with Crippen LogP contribution in [0.15, 0.2) is 48.8 Å². The number of hydrogen-bond acceptors (Lipinski definition) is 7. The van der Waals surface area contributed by atoms with Gasteiger partial charge in [0.05, 0.1) is 24.4 Å². The summed E-state index contributed by atoms with van der Waals surface area (Å²) in [6.07, 6.45) is 2.88. The fourth-order valence-electron chi connectivity index (χ4n) is 5.96. The number of fused-ring (bicyclic) bond motifs is 2. The Morgan fingerprint density at radius 2 is 1.95 bits per heavy atom. The van der Waals surface area contributed by atoms with E-state index in [0.717, 1.165) is 35.2 Å². The maximum Gasteiger partial charge on any atom is 0.318 e. The predicted octanol–water partition coefficient (Wildman–Crippen LogP) is 4.70. The molecule has 2 fully saturated rings. The third-order valence-electron chi connectivity index (χ3n) is 8.17. The second-order valence-electron chi connectivity index (χ2n) is 11.3. The van der Waals surface area contributed by atoms with Crippen molar-refractivity contribution in [1.82, 2.24) is 14.9 Å². The van der Waals surface area contributed by atoms with Crippen LogP contribution in [0.2, 0.25) is 0 Å². The van der Waals surface area contributed by atoms with Gasteiger partial charge in [0.25, 0.3) is 5.91 Å². The molecule has 1 amide bonds. The van der Waals surface area contributed by atoms with Crippen LogP contribution in [0.5, 0.6) is 6.01 Å². The van der Waals surface area contributed by atoms with Gasteiger partial charge in [0.15, 0.2) is 5.83 Å². The smallest absolute Gasteiger partial charge is 0.318 e. The van der Waals surface area contributed by atoms with Crippen molar-refractivity contribution in [2.24, 2.45) is 0 Å². The molecule has 0 N–H and O–H groups in total. The summed E-state index contributed by atoms with van der Waals surface area (Å²) in [5.41, 5.74) is 2.52. The van der Waals surface area contributed by atoms with E-state index in [0.29, 0.717) is 43.8 Å². The monoisotopic (exact) mass is 588 g/mol. The maximum atomic E-state index is 15.0. The molecule has 11 heteroatoms. The number of hydrogen-bond donors (Lipinski definition) is 0. The van der Waals surface area contributed by atoms with Crippen LogP contribution in [-0.4, -0.2) is 78.4 Å². The lowest BCUT2D eigenvalue weighted by molar-refractivity contribution is -0.131. The third kappa shape index (κ3) is 6.11. The molecule has 0 bridgehead atoms. The van der Waals surface area contributed by atoms with Crippen molar-refractivity contribution in [1.29, 1.82) is 0 Å². The van der Waals surface area contributed by atoms with Gasteiger partial charge >= 0.3 is 6.01 Å². The molecule has 2 atom stereocenters. The van der Waals surface area contributed by atoms with E-state index in [1.165, 1.54) is 11.0 Å². The normalized spacial score (nSPS) is 19.1. The Bertz CT molecular complexity index is 1580. The number of anilines is 2. The van der Waals surface area contributed by atoms with Crippen LogP contribution in [0, 0.1) is 12.4 Å². The quantitative estimate of drug-likeness (QED) is 0.265. The number of ether oxygens (including phenoxy) is 2. The van der Waals surface area contributed by atoms with Crippen molar-refractivity contribution in [2.45, 2.75) is 51.0 Å². The SMILES string of the molecule is [C-]#[N+]C[C@H]1CN(c2nc(OC[C@@H](C)OC3CC3)nc3c2CCN(c2cccc4cccc(F)c24)C3)CCN1C(=O)C(=C)F. The van der Waals surface area contributed by atoms with E-state index in [2.05, 4.69) is 16.3 Å². The van der Waals surface area contributed by atoms with E-state index in [1.807, 2.05) is 36.1 Å². The van der Waals surface area contributed by atoms with Gasteiger partial charge in [0.1, 0.15) is 24.3 Å². The highest BCUT2D eigenvalue weighted by molar-refractivity contribution is 5.95. The molecule has 0 spiro atoms. The summed E-state index contributed by atoms with van der Waals surface area (Å²) in [4.78, 5) is 31.2. The molecule has 1 aliphatic carbocycles. The first-order valence-corrected chi connectivity index (χ1v) is 14.7. The molecule has 224 valence electrons. The van der Waals surface area contributed by atoms with Crippen molar-refractivity contribution in [2.75, 3.05) is 49.1 Å². The number of nitrogens with zero attached hydrogens (tertiary/aromatic N) is 6. The van der Waals surface area contributed by atoms with Crippen LogP contribution in [-0.2, 0) is 22.5 Å². The third-order valence-corrected chi connectivity index (χ3v) is 8.17. The van der Waals surface area contributed by atoms with E-state index in [-0.39, 0.29) is 43.7 Å². The van der Waals surface area contributed by atoms with Crippen LogP contribution in [0.1, 0.15) is 31.0 Å². The average Bonchev–Trinajstić information content (AvgIpc) is 3.83. The molecular formula is C32H34F2N6O3. The zero-order valence-corrected chi connectivity index (χ0v) is 24.1. The first-order chi connectivity index (χ1) is 20.8. The number of carbonyl (C=O) groups excluding carboxylic acids is 1. The number of amides is 1. The first-order valence-electron chi connectivity index (χ1n) is 14.7. The Balaban J connectivity index is 1.32. The Labute approximate surface area is 249 Å². The number of benzene rings is 2. The summed E-state index contributed by atoms with van der Waals surface area (Å²) in [7, 11) is 0. The highest BCUT2D eigenvalue weighted by atomic mass is 19.1. The summed E-state index contributed by atoms with van der Waals surface area (Å²) in [5.74, 6) is -1.42. The Morgan fingerprint density at radius 3 is 2.70 bits per heavy atom. The van der Waals surface area contributed by atoms with Crippen LogP contribution in [0.3, 0.4) is 0 Å². The van der Waals surface area contributed by atoms with Crippen LogP contribution in [0.4, 0.5) is 20.3 Å². The van der Waals surface area contributed by atoms with Crippen molar-refractivity contribution >= 4 is 28.2 Å². The maximum absolute atomic E-state index is 15.0. The second kappa shape index (κ2) is 12.1. The first kappa shape index (κ1) is 28.8. The topological polar surface area (TPSA) is 75.4 Å². The van der Waals surface area contributed by atoms with Gasteiger partial charge in [-0.2, -0.15) is 9.97 Å². The number of halogens is 2. The molecule has 3 heterocycles. The van der Waals surface area contributed by atoms with Crippen LogP contribution >= 0.6 is 0 Å². The lowest BCUT2D eigenvalue weighted by Crippen LogP contribution is -2.57. The van der Waals surface area contributed by atoms with Gasteiger partial charge in [0.2, 0.25) is 6.54 Å². The molecule has 3 aliphatic rings. The Hall–Kier alpha value is -4.30. The van der Waals surface area contributed by atoms with Crippen molar-refractivity contribution in [3.05, 3.63) is 77.3 Å². The molecule has 3 aromatic rings. The molecule has 2 aliphatic heterocycles. The minimum absolute atomic E-state index is 0.0304. The molecule has 9 nitrogen and oxygen atoms in total.